The predicted molar refractivity (Wildman–Crippen MR) is 174 cm³/mol. The van der Waals surface area contributed by atoms with Crippen LogP contribution in [0.25, 0.3) is 22.2 Å². The SMILES string of the molecule is COc1ccc2cc1-c1cccc(c1)OCC(=O)NCc1ccc(cc1)O[C@@H]1CCN(c3cnc4ccccc4n3)C[C@H]1NC2=O. The van der Waals surface area contributed by atoms with E-state index < -0.39 is 0 Å². The number of aromatic nitrogens is 2. The van der Waals surface area contributed by atoms with Crippen molar-refractivity contribution < 1.29 is 23.8 Å². The second kappa shape index (κ2) is 12.8. The van der Waals surface area contributed by atoms with Crippen LogP contribution in [-0.2, 0) is 11.3 Å². The van der Waals surface area contributed by atoms with Crippen molar-refractivity contribution in [2.24, 2.45) is 0 Å². The van der Waals surface area contributed by atoms with E-state index in [1.165, 1.54) is 0 Å². The van der Waals surface area contributed by atoms with Gasteiger partial charge in [-0.1, -0.05) is 36.4 Å². The molecule has 3 aliphatic rings. The number of methoxy groups -OCH3 is 1. The van der Waals surface area contributed by atoms with Gasteiger partial charge < -0.3 is 29.7 Å². The number of fused-ring (bicyclic) bond motifs is 8. The number of carbonyl (C=O) groups excluding carboxylic acids is 2. The third kappa shape index (κ3) is 6.28. The van der Waals surface area contributed by atoms with Gasteiger partial charge in [0.05, 0.1) is 30.4 Å². The number of nitrogens with one attached hydrogen (secondary N) is 2. The molecule has 0 saturated carbocycles. The minimum absolute atomic E-state index is 0.130. The molecule has 1 saturated heterocycles. The number of amides is 2. The number of rotatable bonds is 2. The molecular formula is C36H33N5O5. The zero-order chi connectivity index (χ0) is 31.5. The molecule has 4 aromatic carbocycles. The molecule has 3 aliphatic heterocycles. The largest absolute Gasteiger partial charge is 0.496 e. The summed E-state index contributed by atoms with van der Waals surface area (Å²) in [5.74, 6) is 2.10. The summed E-state index contributed by atoms with van der Waals surface area (Å²) in [5, 5.41) is 6.17. The first-order valence-corrected chi connectivity index (χ1v) is 15.2. The summed E-state index contributed by atoms with van der Waals surface area (Å²) in [5.41, 5.74) is 4.56. The van der Waals surface area contributed by atoms with Gasteiger partial charge in [-0.15, -0.1) is 0 Å². The van der Waals surface area contributed by atoms with E-state index >= 15 is 0 Å². The van der Waals surface area contributed by atoms with Crippen LogP contribution in [0.1, 0.15) is 22.3 Å². The van der Waals surface area contributed by atoms with E-state index in [-0.39, 0.29) is 30.6 Å². The van der Waals surface area contributed by atoms with Crippen LogP contribution in [0.2, 0.25) is 0 Å². The molecule has 10 nitrogen and oxygen atoms in total. The van der Waals surface area contributed by atoms with Gasteiger partial charge in [0.1, 0.15) is 29.2 Å². The molecule has 10 heteroatoms. The Bertz CT molecular complexity index is 1900. The maximum absolute atomic E-state index is 13.9. The molecule has 8 rings (SSSR count). The molecule has 4 heterocycles. The Kier molecular flexibility index (Phi) is 8.07. The van der Waals surface area contributed by atoms with Gasteiger partial charge >= 0.3 is 0 Å². The lowest BCUT2D eigenvalue weighted by Crippen LogP contribution is -2.57. The van der Waals surface area contributed by atoms with Gasteiger partial charge in [0.15, 0.2) is 6.61 Å². The Morgan fingerprint density at radius 3 is 2.59 bits per heavy atom. The first-order valence-electron chi connectivity index (χ1n) is 15.2. The maximum Gasteiger partial charge on any atom is 0.258 e. The number of hydrogen-bond acceptors (Lipinski definition) is 8. The Labute approximate surface area is 266 Å². The number of benzene rings is 4. The van der Waals surface area contributed by atoms with Gasteiger partial charge in [-0.25, -0.2) is 4.98 Å². The highest BCUT2D eigenvalue weighted by Crippen LogP contribution is 2.33. The van der Waals surface area contributed by atoms with Gasteiger partial charge in [0, 0.05) is 37.2 Å². The summed E-state index contributed by atoms with van der Waals surface area (Å²) < 4.78 is 17.9. The second-order valence-electron chi connectivity index (χ2n) is 11.3. The fraction of sp³-hybridized carbons (Fsp3) is 0.222. The lowest BCUT2D eigenvalue weighted by Gasteiger charge is -2.39. The van der Waals surface area contributed by atoms with Crippen LogP contribution in [0.5, 0.6) is 17.2 Å². The molecule has 2 N–H and O–H groups in total. The van der Waals surface area contributed by atoms with Gasteiger partial charge in [0.25, 0.3) is 11.8 Å². The van der Waals surface area contributed by atoms with E-state index in [2.05, 4.69) is 20.5 Å². The van der Waals surface area contributed by atoms with Crippen molar-refractivity contribution in [3.05, 3.63) is 108 Å². The van der Waals surface area contributed by atoms with Crippen molar-refractivity contribution in [3.8, 4) is 28.4 Å². The van der Waals surface area contributed by atoms with Crippen molar-refractivity contribution in [3.63, 3.8) is 0 Å². The summed E-state index contributed by atoms with van der Waals surface area (Å²) in [6.07, 6.45) is 2.14. The number of nitrogens with zero attached hydrogens (tertiary/aromatic N) is 3. The summed E-state index contributed by atoms with van der Waals surface area (Å²) in [7, 11) is 1.59. The van der Waals surface area contributed by atoms with Crippen LogP contribution in [0.4, 0.5) is 5.82 Å². The molecule has 5 aromatic rings. The monoisotopic (exact) mass is 615 g/mol. The van der Waals surface area contributed by atoms with Crippen molar-refractivity contribution in [2.45, 2.75) is 25.1 Å². The third-order valence-electron chi connectivity index (χ3n) is 8.30. The molecule has 0 spiro atoms. The van der Waals surface area contributed by atoms with Crippen LogP contribution >= 0.6 is 0 Å². The van der Waals surface area contributed by atoms with Crippen LogP contribution in [0, 0.1) is 0 Å². The topological polar surface area (TPSA) is 115 Å². The molecule has 6 bridgehead atoms. The van der Waals surface area contributed by atoms with E-state index in [0.29, 0.717) is 48.9 Å². The third-order valence-corrected chi connectivity index (χ3v) is 8.30. The number of carbonyl (C=O) groups is 2. The summed E-state index contributed by atoms with van der Waals surface area (Å²) >= 11 is 0. The van der Waals surface area contributed by atoms with Crippen molar-refractivity contribution in [1.82, 2.24) is 20.6 Å². The van der Waals surface area contributed by atoms with Gasteiger partial charge in [-0.05, 0) is 65.7 Å². The average molecular weight is 616 g/mol. The molecule has 46 heavy (non-hydrogen) atoms. The molecule has 1 aromatic heterocycles. The molecule has 0 unspecified atom stereocenters. The Hall–Kier alpha value is -5.64. The van der Waals surface area contributed by atoms with Crippen molar-refractivity contribution in [2.75, 3.05) is 31.7 Å². The minimum Gasteiger partial charge on any atom is -0.496 e. The number of ether oxygens (including phenoxy) is 3. The van der Waals surface area contributed by atoms with E-state index in [4.69, 9.17) is 19.2 Å². The first kappa shape index (κ1) is 29.1. The highest BCUT2D eigenvalue weighted by atomic mass is 16.5. The lowest BCUT2D eigenvalue weighted by atomic mass is 9.99. The van der Waals surface area contributed by atoms with E-state index in [1.54, 1.807) is 31.5 Å². The standard InChI is InChI=1S/C36H33N5O5/c1-44-32-14-11-25-18-28(32)24-5-4-6-27(17-24)45-22-35(42)38-19-23-9-12-26(13-10-23)46-33-15-16-41(21-31(33)40-36(25)43)34-20-37-29-7-2-3-8-30(29)39-34/h2-14,17-18,20,31,33H,15-16,19,21-22H2,1H3,(H,38,42)(H,40,43)/t31-,33-/m1/s1. The molecular weight excluding hydrogens is 582 g/mol. The first-order chi connectivity index (χ1) is 22.5. The predicted octanol–water partition coefficient (Wildman–Crippen LogP) is 4.77. The maximum atomic E-state index is 13.9. The molecule has 232 valence electrons. The summed E-state index contributed by atoms with van der Waals surface area (Å²) in [6.45, 7) is 1.39. The molecule has 0 radical (unpaired) electrons. The molecule has 2 amide bonds. The Morgan fingerprint density at radius 2 is 1.74 bits per heavy atom. The highest BCUT2D eigenvalue weighted by molar-refractivity contribution is 5.96. The van der Waals surface area contributed by atoms with E-state index in [0.717, 1.165) is 33.5 Å². The summed E-state index contributed by atoms with van der Waals surface area (Å²) in [6, 6.07) is 27.7. The van der Waals surface area contributed by atoms with E-state index in [9.17, 15) is 9.59 Å². The van der Waals surface area contributed by atoms with Crippen LogP contribution in [-0.4, -0.2) is 60.7 Å². The number of para-hydroxylation sites is 2. The van der Waals surface area contributed by atoms with Gasteiger partial charge in [0.2, 0.25) is 0 Å². The number of hydrogen-bond donors (Lipinski definition) is 2. The average Bonchev–Trinajstić information content (AvgIpc) is 3.10. The Morgan fingerprint density at radius 1 is 0.891 bits per heavy atom. The highest BCUT2D eigenvalue weighted by Gasteiger charge is 2.33. The summed E-state index contributed by atoms with van der Waals surface area (Å²) in [4.78, 5) is 38.0. The quantitative estimate of drug-likeness (QED) is 0.292. The van der Waals surface area contributed by atoms with Crippen molar-refractivity contribution >= 4 is 28.7 Å². The molecule has 2 atom stereocenters. The van der Waals surface area contributed by atoms with Crippen LogP contribution < -0.4 is 29.7 Å². The molecule has 1 fully saturated rings. The van der Waals surface area contributed by atoms with Crippen LogP contribution in [0.3, 0.4) is 0 Å². The minimum atomic E-state index is -0.360. The zero-order valence-corrected chi connectivity index (χ0v) is 25.3. The fourth-order valence-electron chi connectivity index (χ4n) is 5.86. The smallest absolute Gasteiger partial charge is 0.258 e. The zero-order valence-electron chi connectivity index (χ0n) is 25.3. The fourth-order valence-corrected chi connectivity index (χ4v) is 5.86. The van der Waals surface area contributed by atoms with Crippen LogP contribution in [0.15, 0.2) is 97.2 Å². The van der Waals surface area contributed by atoms with E-state index in [1.807, 2.05) is 72.8 Å². The molecule has 0 aliphatic carbocycles. The van der Waals surface area contributed by atoms with Gasteiger partial charge in [-0.2, -0.15) is 0 Å². The van der Waals surface area contributed by atoms with Crippen molar-refractivity contribution in [1.29, 1.82) is 0 Å². The Balaban J connectivity index is 1.23. The van der Waals surface area contributed by atoms with Gasteiger partial charge in [-0.3, -0.25) is 14.6 Å². The normalized spacial score (nSPS) is 18.4. The second-order valence-corrected chi connectivity index (χ2v) is 11.3. The lowest BCUT2D eigenvalue weighted by molar-refractivity contribution is -0.123. The number of anilines is 1. The number of piperidine rings is 1.